The van der Waals surface area contributed by atoms with Crippen LogP contribution in [0.5, 0.6) is 5.75 Å². The van der Waals surface area contributed by atoms with Crippen LogP contribution in [0.1, 0.15) is 30.0 Å². The van der Waals surface area contributed by atoms with Gasteiger partial charge < -0.3 is 10.1 Å². The van der Waals surface area contributed by atoms with Crippen molar-refractivity contribution < 1.29 is 4.74 Å². The summed E-state index contributed by atoms with van der Waals surface area (Å²) >= 11 is 0. The molecule has 1 atom stereocenters. The molecule has 3 rings (SSSR count). The first-order valence-corrected chi connectivity index (χ1v) is 7.24. The Morgan fingerprint density at radius 2 is 2.40 bits per heavy atom. The van der Waals surface area contributed by atoms with E-state index in [1.807, 2.05) is 23.1 Å². The van der Waals surface area contributed by atoms with Crippen LogP contribution in [0.4, 0.5) is 0 Å². The number of aryl methyl sites for hydroxylation is 1. The van der Waals surface area contributed by atoms with E-state index >= 15 is 0 Å². The highest BCUT2D eigenvalue weighted by molar-refractivity contribution is 5.39. The van der Waals surface area contributed by atoms with Gasteiger partial charge in [0.2, 0.25) is 0 Å². The normalized spacial score (nSPS) is 17.8. The summed E-state index contributed by atoms with van der Waals surface area (Å²) in [6.45, 7) is 1.85. The highest BCUT2D eigenvalue weighted by atomic mass is 16.5. The molecule has 1 aromatic carbocycles. The fraction of sp³-hybridized carbons (Fsp3) is 0.438. The molecule has 1 unspecified atom stereocenters. The van der Waals surface area contributed by atoms with Gasteiger partial charge in [-0.05, 0) is 48.6 Å². The van der Waals surface area contributed by atoms with Crippen LogP contribution in [-0.2, 0) is 13.0 Å². The van der Waals surface area contributed by atoms with Crippen molar-refractivity contribution in [2.24, 2.45) is 0 Å². The second-order valence-corrected chi connectivity index (χ2v) is 5.23. The minimum absolute atomic E-state index is 0.459. The van der Waals surface area contributed by atoms with Gasteiger partial charge in [-0.15, -0.1) is 0 Å². The Labute approximate surface area is 119 Å². The lowest BCUT2D eigenvalue weighted by molar-refractivity contribution is 0.409. The van der Waals surface area contributed by atoms with Crippen molar-refractivity contribution in [3.8, 4) is 5.75 Å². The molecule has 0 aliphatic heterocycles. The summed E-state index contributed by atoms with van der Waals surface area (Å²) < 4.78 is 7.28. The molecule has 0 amide bonds. The molecule has 0 radical (unpaired) electrons. The maximum atomic E-state index is 5.31. The number of aromatic nitrogens is 2. The molecule has 0 fully saturated rings. The van der Waals surface area contributed by atoms with E-state index in [9.17, 15) is 0 Å². The first kappa shape index (κ1) is 13.2. The first-order chi connectivity index (χ1) is 9.86. The van der Waals surface area contributed by atoms with E-state index in [1.165, 1.54) is 24.0 Å². The van der Waals surface area contributed by atoms with Crippen molar-refractivity contribution in [1.82, 2.24) is 15.1 Å². The summed E-state index contributed by atoms with van der Waals surface area (Å²) in [7, 11) is 1.73. The molecule has 1 heterocycles. The van der Waals surface area contributed by atoms with Crippen LogP contribution in [0.25, 0.3) is 0 Å². The number of methoxy groups -OCH3 is 1. The Balaban J connectivity index is 1.64. The highest BCUT2D eigenvalue weighted by Crippen LogP contribution is 2.31. The monoisotopic (exact) mass is 271 g/mol. The minimum atomic E-state index is 0.459. The molecule has 1 aromatic heterocycles. The molecular formula is C16H21N3O. The molecule has 0 bridgehead atoms. The first-order valence-electron chi connectivity index (χ1n) is 7.24. The number of hydrogen-bond donors (Lipinski definition) is 1. The molecule has 4 heteroatoms. The molecular weight excluding hydrogens is 250 g/mol. The van der Waals surface area contributed by atoms with Gasteiger partial charge in [0, 0.05) is 25.0 Å². The van der Waals surface area contributed by atoms with Crippen LogP contribution in [0.3, 0.4) is 0 Å². The number of fused-ring (bicyclic) bond motifs is 1. The van der Waals surface area contributed by atoms with Crippen LogP contribution in [0.2, 0.25) is 0 Å². The average molecular weight is 271 g/mol. The maximum Gasteiger partial charge on any atom is 0.119 e. The fourth-order valence-electron chi connectivity index (χ4n) is 2.92. The lowest BCUT2D eigenvalue weighted by Crippen LogP contribution is -2.28. The second-order valence-electron chi connectivity index (χ2n) is 5.23. The van der Waals surface area contributed by atoms with Crippen LogP contribution in [0, 0.1) is 0 Å². The summed E-state index contributed by atoms with van der Waals surface area (Å²) in [5, 5.41) is 7.88. The topological polar surface area (TPSA) is 39.1 Å². The summed E-state index contributed by atoms with van der Waals surface area (Å²) in [5.74, 6) is 0.959. The van der Waals surface area contributed by atoms with Crippen LogP contribution in [0.15, 0.2) is 36.7 Å². The predicted molar refractivity (Wildman–Crippen MR) is 78.9 cm³/mol. The number of nitrogens with zero attached hydrogens (tertiary/aromatic N) is 2. The third-order valence-electron chi connectivity index (χ3n) is 3.96. The quantitative estimate of drug-likeness (QED) is 0.908. The number of hydrogen-bond acceptors (Lipinski definition) is 3. The lowest BCUT2D eigenvalue weighted by Gasteiger charge is -2.27. The number of benzene rings is 1. The van der Waals surface area contributed by atoms with Crippen molar-refractivity contribution >= 4 is 0 Å². The molecule has 20 heavy (non-hydrogen) atoms. The van der Waals surface area contributed by atoms with Gasteiger partial charge in [0.25, 0.3) is 0 Å². The van der Waals surface area contributed by atoms with E-state index in [-0.39, 0.29) is 0 Å². The smallest absolute Gasteiger partial charge is 0.119 e. The molecule has 0 spiro atoms. The Morgan fingerprint density at radius 1 is 1.45 bits per heavy atom. The minimum Gasteiger partial charge on any atom is -0.497 e. The molecule has 1 aliphatic carbocycles. The summed E-state index contributed by atoms with van der Waals surface area (Å²) in [6.07, 6.45) is 7.42. The van der Waals surface area contributed by atoms with Crippen LogP contribution in [-0.4, -0.2) is 23.4 Å². The predicted octanol–water partition coefficient (Wildman–Crippen LogP) is 2.56. The molecule has 4 nitrogen and oxygen atoms in total. The van der Waals surface area contributed by atoms with E-state index in [2.05, 4.69) is 28.6 Å². The molecule has 0 saturated heterocycles. The van der Waals surface area contributed by atoms with E-state index in [1.54, 1.807) is 7.11 Å². The van der Waals surface area contributed by atoms with Crippen molar-refractivity contribution in [1.29, 1.82) is 0 Å². The third kappa shape index (κ3) is 2.85. The Bertz CT molecular complexity index is 551. The zero-order chi connectivity index (χ0) is 13.8. The standard InChI is InChI=1S/C16H21N3O/c1-20-14-6-7-15-13(12-14)4-2-5-16(15)17-9-11-19-10-3-8-18-19/h3,6-8,10,12,16-17H,2,4-5,9,11H2,1H3. The van der Waals surface area contributed by atoms with Crippen LogP contribution >= 0.6 is 0 Å². The highest BCUT2D eigenvalue weighted by Gasteiger charge is 2.19. The molecule has 2 aromatic rings. The van der Waals surface area contributed by atoms with Crippen molar-refractivity contribution in [2.45, 2.75) is 31.8 Å². The molecule has 106 valence electrons. The Hall–Kier alpha value is -1.81. The summed E-state index contributed by atoms with van der Waals surface area (Å²) in [5.41, 5.74) is 2.85. The van der Waals surface area contributed by atoms with Crippen LogP contribution < -0.4 is 10.1 Å². The molecule has 0 saturated carbocycles. The van der Waals surface area contributed by atoms with Gasteiger partial charge in [-0.25, -0.2) is 0 Å². The average Bonchev–Trinajstić information content (AvgIpc) is 3.00. The van der Waals surface area contributed by atoms with Crippen molar-refractivity contribution in [3.05, 3.63) is 47.8 Å². The SMILES string of the molecule is COc1ccc2c(c1)CCCC2NCCn1cccn1. The summed E-state index contributed by atoms with van der Waals surface area (Å²) in [4.78, 5) is 0. The number of ether oxygens (including phenoxy) is 1. The van der Waals surface area contributed by atoms with Gasteiger partial charge in [-0.2, -0.15) is 5.10 Å². The summed E-state index contributed by atoms with van der Waals surface area (Å²) in [6, 6.07) is 8.87. The molecule has 1 N–H and O–H groups in total. The fourth-order valence-corrected chi connectivity index (χ4v) is 2.92. The zero-order valence-corrected chi connectivity index (χ0v) is 11.9. The zero-order valence-electron chi connectivity index (χ0n) is 11.9. The maximum absolute atomic E-state index is 5.31. The molecule has 1 aliphatic rings. The van der Waals surface area contributed by atoms with Gasteiger partial charge in [-0.1, -0.05) is 6.07 Å². The van der Waals surface area contributed by atoms with Gasteiger partial charge in [-0.3, -0.25) is 4.68 Å². The van der Waals surface area contributed by atoms with Gasteiger partial charge in [0.15, 0.2) is 0 Å². The van der Waals surface area contributed by atoms with Gasteiger partial charge in [0.05, 0.1) is 13.7 Å². The van der Waals surface area contributed by atoms with Gasteiger partial charge >= 0.3 is 0 Å². The second kappa shape index (κ2) is 6.09. The van der Waals surface area contributed by atoms with Crippen molar-refractivity contribution in [2.75, 3.05) is 13.7 Å². The largest absolute Gasteiger partial charge is 0.497 e. The van der Waals surface area contributed by atoms with Gasteiger partial charge in [0.1, 0.15) is 5.75 Å². The number of nitrogens with one attached hydrogen (secondary N) is 1. The lowest BCUT2D eigenvalue weighted by atomic mass is 9.87. The van der Waals surface area contributed by atoms with E-state index in [4.69, 9.17) is 4.74 Å². The van der Waals surface area contributed by atoms with E-state index in [0.717, 1.165) is 25.3 Å². The Morgan fingerprint density at radius 3 is 3.20 bits per heavy atom. The van der Waals surface area contributed by atoms with E-state index < -0.39 is 0 Å². The third-order valence-corrected chi connectivity index (χ3v) is 3.96. The Kier molecular flexibility index (Phi) is 4.02. The van der Waals surface area contributed by atoms with E-state index in [0.29, 0.717) is 6.04 Å². The van der Waals surface area contributed by atoms with Crippen molar-refractivity contribution in [3.63, 3.8) is 0 Å². The number of rotatable bonds is 5.